The molecule has 2 rings (SSSR count). The molecule has 1 saturated heterocycles. The molecule has 1 amide bonds. The van der Waals surface area contributed by atoms with Crippen molar-refractivity contribution in [1.82, 2.24) is 10.2 Å². The highest BCUT2D eigenvalue weighted by Gasteiger charge is 2.22. The van der Waals surface area contributed by atoms with Crippen LogP contribution in [0.5, 0.6) is 0 Å². The van der Waals surface area contributed by atoms with Gasteiger partial charge < -0.3 is 10.2 Å². The minimum absolute atomic E-state index is 0.322. The van der Waals surface area contributed by atoms with E-state index in [0.29, 0.717) is 12.3 Å². The Kier molecular flexibility index (Phi) is 7.44. The van der Waals surface area contributed by atoms with Gasteiger partial charge in [0.05, 0.1) is 0 Å². The summed E-state index contributed by atoms with van der Waals surface area (Å²) in [5, 5.41) is 3.42. The van der Waals surface area contributed by atoms with Gasteiger partial charge >= 0.3 is 0 Å². The molecule has 1 aliphatic rings. The molecule has 0 unspecified atom stereocenters. The zero-order chi connectivity index (χ0) is 16.7. The van der Waals surface area contributed by atoms with Gasteiger partial charge in [0, 0.05) is 30.2 Å². The summed E-state index contributed by atoms with van der Waals surface area (Å²) in [4.78, 5) is 15.7. The molecule has 1 aliphatic heterocycles. The van der Waals surface area contributed by atoms with Gasteiger partial charge in [0.2, 0.25) is 5.91 Å². The maximum absolute atomic E-state index is 12.3. The quantitative estimate of drug-likeness (QED) is 0.773. The third-order valence-electron chi connectivity index (χ3n) is 4.71. The summed E-state index contributed by atoms with van der Waals surface area (Å²) in [5.74, 6) is 1.94. The number of nitrogens with zero attached hydrogens (tertiary/aromatic N) is 1. The van der Waals surface area contributed by atoms with Crippen molar-refractivity contribution in [2.45, 2.75) is 44.9 Å². The molecule has 0 aromatic heterocycles. The summed E-state index contributed by atoms with van der Waals surface area (Å²) in [5.41, 5.74) is 2.65. The molecule has 0 radical (unpaired) electrons. The highest BCUT2D eigenvalue weighted by Crippen LogP contribution is 2.23. The van der Waals surface area contributed by atoms with E-state index in [-0.39, 0.29) is 0 Å². The van der Waals surface area contributed by atoms with E-state index in [2.05, 4.69) is 49.2 Å². The second-order valence-corrected chi connectivity index (χ2v) is 7.64. The monoisotopic (exact) mass is 334 g/mol. The van der Waals surface area contributed by atoms with Gasteiger partial charge in [-0.25, -0.2) is 0 Å². The fourth-order valence-electron chi connectivity index (χ4n) is 2.95. The number of nitrogens with one attached hydrogen (secondary N) is 1. The Balaban J connectivity index is 1.68. The first-order chi connectivity index (χ1) is 11.1. The number of hydrogen-bond acceptors (Lipinski definition) is 3. The van der Waals surface area contributed by atoms with E-state index < -0.39 is 0 Å². The van der Waals surface area contributed by atoms with Crippen LogP contribution in [0.2, 0.25) is 0 Å². The van der Waals surface area contributed by atoms with Crippen molar-refractivity contribution >= 4 is 17.7 Å². The van der Waals surface area contributed by atoms with Gasteiger partial charge in [0.1, 0.15) is 0 Å². The van der Waals surface area contributed by atoms with Crippen molar-refractivity contribution in [3.63, 3.8) is 0 Å². The Morgan fingerprint density at radius 2 is 2.00 bits per heavy atom. The van der Waals surface area contributed by atoms with Gasteiger partial charge in [-0.3, -0.25) is 4.79 Å². The van der Waals surface area contributed by atoms with Gasteiger partial charge in [-0.05, 0) is 69.0 Å². The molecule has 4 heteroatoms. The molecule has 23 heavy (non-hydrogen) atoms. The van der Waals surface area contributed by atoms with Crippen LogP contribution in [-0.4, -0.2) is 42.7 Å². The van der Waals surface area contributed by atoms with E-state index in [1.54, 1.807) is 11.8 Å². The molecular formula is C19H30N2OS. The van der Waals surface area contributed by atoms with E-state index in [1.807, 2.05) is 0 Å². The van der Waals surface area contributed by atoms with Crippen molar-refractivity contribution in [2.24, 2.45) is 5.92 Å². The highest BCUT2D eigenvalue weighted by molar-refractivity contribution is 7.99. The Bertz CT molecular complexity index is 510. The van der Waals surface area contributed by atoms with Gasteiger partial charge in [-0.1, -0.05) is 13.0 Å². The first-order valence-electron chi connectivity index (χ1n) is 8.78. The van der Waals surface area contributed by atoms with E-state index in [0.717, 1.165) is 50.7 Å². The zero-order valence-corrected chi connectivity index (χ0v) is 15.5. The van der Waals surface area contributed by atoms with Crippen LogP contribution >= 0.6 is 11.8 Å². The summed E-state index contributed by atoms with van der Waals surface area (Å²) in [6.45, 7) is 10.4. The molecule has 1 aromatic carbocycles. The predicted octanol–water partition coefficient (Wildman–Crippen LogP) is 3.63. The normalized spacial score (nSPS) is 15.9. The summed E-state index contributed by atoms with van der Waals surface area (Å²) >= 11 is 1.79. The minimum Gasteiger partial charge on any atom is -0.343 e. The second kappa shape index (κ2) is 9.33. The summed E-state index contributed by atoms with van der Waals surface area (Å²) in [6.07, 6.45) is 2.93. The lowest BCUT2D eigenvalue weighted by molar-refractivity contribution is -0.132. The molecule has 1 fully saturated rings. The molecule has 0 atom stereocenters. The van der Waals surface area contributed by atoms with Gasteiger partial charge in [-0.15, -0.1) is 11.8 Å². The molecule has 0 bridgehead atoms. The SMILES string of the molecule is CCNCC1CCN(C(=O)CCSc2ccc(C)c(C)c2)CC1. The summed E-state index contributed by atoms with van der Waals surface area (Å²) in [7, 11) is 0. The van der Waals surface area contributed by atoms with Crippen LogP contribution in [0.1, 0.15) is 37.3 Å². The lowest BCUT2D eigenvalue weighted by Crippen LogP contribution is -2.40. The van der Waals surface area contributed by atoms with E-state index in [1.165, 1.54) is 16.0 Å². The topological polar surface area (TPSA) is 32.3 Å². The summed E-state index contributed by atoms with van der Waals surface area (Å²) < 4.78 is 0. The smallest absolute Gasteiger partial charge is 0.223 e. The summed E-state index contributed by atoms with van der Waals surface area (Å²) in [6, 6.07) is 6.54. The number of aryl methyl sites for hydroxylation is 2. The molecule has 1 N–H and O–H groups in total. The van der Waals surface area contributed by atoms with Crippen LogP contribution in [0.3, 0.4) is 0 Å². The maximum atomic E-state index is 12.3. The van der Waals surface area contributed by atoms with Crippen molar-refractivity contribution in [2.75, 3.05) is 31.9 Å². The van der Waals surface area contributed by atoms with Crippen LogP contribution in [-0.2, 0) is 4.79 Å². The van der Waals surface area contributed by atoms with Gasteiger partial charge in [0.15, 0.2) is 0 Å². The number of hydrogen-bond donors (Lipinski definition) is 1. The van der Waals surface area contributed by atoms with Crippen LogP contribution in [0.15, 0.2) is 23.1 Å². The number of likely N-dealkylation sites (tertiary alicyclic amines) is 1. The van der Waals surface area contributed by atoms with E-state index >= 15 is 0 Å². The van der Waals surface area contributed by atoms with Crippen molar-refractivity contribution < 1.29 is 4.79 Å². The largest absolute Gasteiger partial charge is 0.343 e. The van der Waals surface area contributed by atoms with Crippen molar-refractivity contribution in [3.8, 4) is 0 Å². The van der Waals surface area contributed by atoms with Crippen LogP contribution in [0.25, 0.3) is 0 Å². The number of rotatable bonds is 7. The molecule has 1 aromatic rings. The van der Waals surface area contributed by atoms with Crippen LogP contribution < -0.4 is 5.32 Å². The van der Waals surface area contributed by atoms with Crippen molar-refractivity contribution in [3.05, 3.63) is 29.3 Å². The number of carbonyl (C=O) groups excluding carboxylic acids is 1. The fourth-order valence-corrected chi connectivity index (χ4v) is 3.89. The zero-order valence-electron chi connectivity index (χ0n) is 14.7. The lowest BCUT2D eigenvalue weighted by Gasteiger charge is -2.32. The molecule has 1 heterocycles. The Morgan fingerprint density at radius 3 is 2.65 bits per heavy atom. The third kappa shape index (κ3) is 5.85. The Labute approximate surface area is 145 Å². The number of thioether (sulfide) groups is 1. The molecule has 3 nitrogen and oxygen atoms in total. The lowest BCUT2D eigenvalue weighted by atomic mass is 9.96. The number of amides is 1. The number of benzene rings is 1. The highest BCUT2D eigenvalue weighted by atomic mass is 32.2. The average molecular weight is 335 g/mol. The minimum atomic E-state index is 0.322. The Morgan fingerprint density at radius 1 is 1.26 bits per heavy atom. The maximum Gasteiger partial charge on any atom is 0.223 e. The third-order valence-corrected chi connectivity index (χ3v) is 5.71. The van der Waals surface area contributed by atoms with E-state index in [9.17, 15) is 4.79 Å². The molecule has 128 valence electrons. The molecule has 0 aliphatic carbocycles. The first kappa shape index (κ1) is 18.3. The average Bonchev–Trinajstić information content (AvgIpc) is 2.56. The number of piperidine rings is 1. The van der Waals surface area contributed by atoms with Crippen LogP contribution in [0, 0.1) is 19.8 Å². The second-order valence-electron chi connectivity index (χ2n) is 6.48. The Hall–Kier alpha value is -1.00. The molecule has 0 saturated carbocycles. The van der Waals surface area contributed by atoms with E-state index in [4.69, 9.17) is 0 Å². The fraction of sp³-hybridized carbons (Fsp3) is 0.632. The van der Waals surface area contributed by atoms with Crippen molar-refractivity contribution in [1.29, 1.82) is 0 Å². The number of carbonyl (C=O) groups is 1. The first-order valence-corrected chi connectivity index (χ1v) is 9.77. The predicted molar refractivity (Wildman–Crippen MR) is 99.1 cm³/mol. The molecule has 0 spiro atoms. The standard InChI is InChI=1S/C19H30N2OS/c1-4-20-14-17-7-10-21(11-8-17)19(22)9-12-23-18-6-5-15(2)16(3)13-18/h5-6,13,17,20H,4,7-12,14H2,1-3H3. The van der Waals surface area contributed by atoms with Gasteiger partial charge in [-0.2, -0.15) is 0 Å². The van der Waals surface area contributed by atoms with Crippen LogP contribution in [0.4, 0.5) is 0 Å². The molecular weight excluding hydrogens is 304 g/mol. The van der Waals surface area contributed by atoms with Gasteiger partial charge in [0.25, 0.3) is 0 Å².